The van der Waals surface area contributed by atoms with Crippen molar-refractivity contribution in [1.82, 2.24) is 14.9 Å². The number of nitrogens with zero attached hydrogens (tertiary/aromatic N) is 3. The van der Waals surface area contributed by atoms with Gasteiger partial charge in [-0.2, -0.15) is 0 Å². The van der Waals surface area contributed by atoms with Crippen LogP contribution < -0.4 is 10.2 Å². The molecule has 2 amide bonds. The second kappa shape index (κ2) is 6.59. The number of rotatable bonds is 6. The van der Waals surface area contributed by atoms with Crippen molar-refractivity contribution < 1.29 is 9.59 Å². The van der Waals surface area contributed by atoms with Crippen LogP contribution in [0.25, 0.3) is 0 Å². The van der Waals surface area contributed by atoms with Crippen molar-refractivity contribution in [3.05, 3.63) is 48.0 Å². The lowest BCUT2D eigenvalue weighted by Crippen LogP contribution is -2.32. The van der Waals surface area contributed by atoms with E-state index in [-0.39, 0.29) is 17.2 Å². The van der Waals surface area contributed by atoms with Gasteiger partial charge < -0.3 is 14.8 Å². The number of carbonyl (C=O) groups is 2. The van der Waals surface area contributed by atoms with E-state index in [1.807, 2.05) is 31.5 Å². The molecule has 0 radical (unpaired) electrons. The molecule has 2 aromatic rings. The van der Waals surface area contributed by atoms with E-state index >= 15 is 0 Å². The molecule has 4 rings (SSSR count). The predicted octanol–water partition coefficient (Wildman–Crippen LogP) is 2.53. The summed E-state index contributed by atoms with van der Waals surface area (Å²) in [4.78, 5) is 30.3. The van der Waals surface area contributed by atoms with E-state index in [4.69, 9.17) is 0 Å². The maximum absolute atomic E-state index is 12.5. The molecule has 1 aromatic carbocycles. The molecule has 6 heteroatoms. The Bertz CT molecular complexity index is 821. The molecule has 0 atom stereocenters. The first-order chi connectivity index (χ1) is 12.6. The molecule has 6 nitrogen and oxygen atoms in total. The molecule has 1 saturated heterocycles. The van der Waals surface area contributed by atoms with Gasteiger partial charge in [0.25, 0.3) is 5.91 Å². The third kappa shape index (κ3) is 3.36. The number of aryl methyl sites for hydroxylation is 1. The van der Waals surface area contributed by atoms with Crippen molar-refractivity contribution in [2.24, 2.45) is 5.41 Å². The number of aromatic nitrogens is 2. The Morgan fingerprint density at radius 2 is 2.04 bits per heavy atom. The Morgan fingerprint density at radius 1 is 1.27 bits per heavy atom. The fourth-order valence-corrected chi connectivity index (χ4v) is 3.58. The maximum Gasteiger partial charge on any atom is 0.251 e. The van der Waals surface area contributed by atoms with Gasteiger partial charge in [0.2, 0.25) is 5.91 Å². The Balaban J connectivity index is 1.35. The zero-order valence-corrected chi connectivity index (χ0v) is 15.1. The van der Waals surface area contributed by atoms with Crippen molar-refractivity contribution in [1.29, 1.82) is 0 Å². The smallest absolute Gasteiger partial charge is 0.251 e. The number of benzene rings is 1. The van der Waals surface area contributed by atoms with E-state index in [1.54, 1.807) is 17.0 Å². The number of anilines is 1. The Morgan fingerprint density at radius 3 is 2.62 bits per heavy atom. The Labute approximate surface area is 153 Å². The molecule has 0 unspecified atom stereocenters. The maximum atomic E-state index is 12.5. The van der Waals surface area contributed by atoms with Crippen LogP contribution in [-0.4, -0.2) is 34.5 Å². The monoisotopic (exact) mass is 352 g/mol. The van der Waals surface area contributed by atoms with E-state index in [9.17, 15) is 9.59 Å². The first-order valence-corrected chi connectivity index (χ1v) is 9.23. The molecule has 1 aromatic heterocycles. The lowest BCUT2D eigenvalue weighted by Gasteiger charge is -2.18. The molecule has 1 saturated carbocycles. The summed E-state index contributed by atoms with van der Waals surface area (Å²) in [5.41, 5.74) is 1.66. The summed E-state index contributed by atoms with van der Waals surface area (Å²) in [7, 11) is 0. The number of imidazole rings is 1. The van der Waals surface area contributed by atoms with Gasteiger partial charge in [0.15, 0.2) is 0 Å². The van der Waals surface area contributed by atoms with Gasteiger partial charge in [-0.3, -0.25) is 9.59 Å². The van der Waals surface area contributed by atoms with Gasteiger partial charge in [-0.15, -0.1) is 0 Å². The van der Waals surface area contributed by atoms with Gasteiger partial charge in [-0.1, -0.05) is 0 Å². The summed E-state index contributed by atoms with van der Waals surface area (Å²) < 4.78 is 2.15. The highest BCUT2D eigenvalue weighted by Crippen LogP contribution is 2.46. The van der Waals surface area contributed by atoms with Crippen LogP contribution in [0, 0.1) is 12.3 Å². The van der Waals surface area contributed by atoms with Crippen LogP contribution in [0.4, 0.5) is 5.69 Å². The molecule has 136 valence electrons. The summed E-state index contributed by atoms with van der Waals surface area (Å²) in [6.07, 6.45) is 7.58. The van der Waals surface area contributed by atoms with Crippen molar-refractivity contribution in [3.8, 4) is 0 Å². The van der Waals surface area contributed by atoms with Crippen molar-refractivity contribution in [3.63, 3.8) is 0 Å². The second-order valence-electron chi connectivity index (χ2n) is 7.48. The quantitative estimate of drug-likeness (QED) is 0.869. The largest absolute Gasteiger partial charge is 0.351 e. The highest BCUT2D eigenvalue weighted by molar-refractivity contribution is 5.97. The number of carbonyl (C=O) groups excluding carboxylic acids is 2. The highest BCUT2D eigenvalue weighted by atomic mass is 16.2. The summed E-state index contributed by atoms with van der Waals surface area (Å²) in [5, 5.41) is 3.08. The van der Waals surface area contributed by atoms with Crippen LogP contribution in [0.5, 0.6) is 0 Å². The predicted molar refractivity (Wildman–Crippen MR) is 99.0 cm³/mol. The number of amides is 2. The van der Waals surface area contributed by atoms with Crippen LogP contribution in [0.2, 0.25) is 0 Å². The normalized spacial score (nSPS) is 18.2. The van der Waals surface area contributed by atoms with Crippen LogP contribution in [-0.2, 0) is 11.3 Å². The summed E-state index contributed by atoms with van der Waals surface area (Å²) in [6.45, 7) is 4.34. The van der Waals surface area contributed by atoms with Gasteiger partial charge in [-0.25, -0.2) is 4.98 Å². The number of hydrogen-bond acceptors (Lipinski definition) is 3. The molecular weight excluding hydrogens is 328 g/mol. The molecule has 1 aliphatic heterocycles. The Kier molecular flexibility index (Phi) is 4.26. The first-order valence-electron chi connectivity index (χ1n) is 9.23. The van der Waals surface area contributed by atoms with Crippen LogP contribution in [0.3, 0.4) is 0 Å². The zero-order valence-electron chi connectivity index (χ0n) is 15.1. The van der Waals surface area contributed by atoms with Crippen molar-refractivity contribution in [2.75, 3.05) is 18.0 Å². The van der Waals surface area contributed by atoms with Gasteiger partial charge in [0.1, 0.15) is 5.82 Å². The van der Waals surface area contributed by atoms with E-state index in [0.29, 0.717) is 18.5 Å². The van der Waals surface area contributed by atoms with Crippen molar-refractivity contribution >= 4 is 17.5 Å². The molecule has 2 fully saturated rings. The summed E-state index contributed by atoms with van der Waals surface area (Å²) >= 11 is 0. The number of hydrogen-bond donors (Lipinski definition) is 1. The molecule has 2 heterocycles. The molecule has 0 bridgehead atoms. The van der Waals surface area contributed by atoms with E-state index in [0.717, 1.165) is 43.9 Å². The van der Waals surface area contributed by atoms with Crippen molar-refractivity contribution in [2.45, 2.75) is 39.2 Å². The van der Waals surface area contributed by atoms with Crippen LogP contribution in [0.15, 0.2) is 36.7 Å². The first kappa shape index (κ1) is 16.8. The molecule has 2 aliphatic rings. The minimum atomic E-state index is -0.0575. The van der Waals surface area contributed by atoms with Gasteiger partial charge in [-0.05, 0) is 50.5 Å². The third-order valence-corrected chi connectivity index (χ3v) is 5.53. The van der Waals surface area contributed by atoms with Gasteiger partial charge in [0.05, 0.1) is 0 Å². The minimum Gasteiger partial charge on any atom is -0.351 e. The lowest BCUT2D eigenvalue weighted by atomic mass is 10.1. The van der Waals surface area contributed by atoms with Crippen LogP contribution >= 0.6 is 0 Å². The summed E-state index contributed by atoms with van der Waals surface area (Å²) in [6, 6.07) is 7.32. The fraction of sp³-hybridized carbons (Fsp3) is 0.450. The lowest BCUT2D eigenvalue weighted by molar-refractivity contribution is -0.117. The minimum absolute atomic E-state index is 0.0575. The fourth-order valence-electron chi connectivity index (χ4n) is 3.58. The van der Waals surface area contributed by atoms with E-state index in [2.05, 4.69) is 14.9 Å². The third-order valence-electron chi connectivity index (χ3n) is 5.53. The molecule has 0 spiro atoms. The van der Waals surface area contributed by atoms with E-state index in [1.165, 1.54) is 0 Å². The SMILES string of the molecule is Cc1nccn1CC1(CNC(=O)c2ccc(N3CCCC3=O)cc2)CC1. The van der Waals surface area contributed by atoms with Gasteiger partial charge in [0, 0.05) is 55.1 Å². The second-order valence-corrected chi connectivity index (χ2v) is 7.48. The zero-order chi connectivity index (χ0) is 18.1. The molecule has 1 N–H and O–H groups in total. The highest BCUT2D eigenvalue weighted by Gasteiger charge is 2.43. The topological polar surface area (TPSA) is 67.2 Å². The van der Waals surface area contributed by atoms with Crippen LogP contribution in [0.1, 0.15) is 41.9 Å². The summed E-state index contributed by atoms with van der Waals surface area (Å²) in [5.74, 6) is 1.11. The molecule has 1 aliphatic carbocycles. The molecule has 26 heavy (non-hydrogen) atoms. The molecular formula is C20H24N4O2. The van der Waals surface area contributed by atoms with E-state index < -0.39 is 0 Å². The van der Waals surface area contributed by atoms with Gasteiger partial charge >= 0.3 is 0 Å². The average Bonchev–Trinajstić information content (AvgIpc) is 3.09. The number of nitrogens with one attached hydrogen (secondary N) is 1. The average molecular weight is 352 g/mol. The Hall–Kier alpha value is -2.63. The standard InChI is InChI=1S/C20H24N4O2/c1-15-21-10-12-23(15)14-20(8-9-20)13-22-19(26)16-4-6-17(7-5-16)24-11-2-3-18(24)25/h4-7,10,12H,2-3,8-9,11,13-14H2,1H3,(H,22,26).